The Labute approximate surface area is 141 Å². The van der Waals surface area contributed by atoms with E-state index in [2.05, 4.69) is 22.5 Å². The van der Waals surface area contributed by atoms with E-state index in [1.807, 2.05) is 0 Å². The summed E-state index contributed by atoms with van der Waals surface area (Å²) in [4.78, 5) is 16.2. The SMILES string of the molecule is CCCNCCNC(=O)c1nc(S(C)(=O)=O)n2ccccc12.Cl. The third-order valence-corrected chi connectivity index (χ3v) is 4.03. The lowest BCUT2D eigenvalue weighted by molar-refractivity contribution is 0.0951. The van der Waals surface area contributed by atoms with Gasteiger partial charge in [0.25, 0.3) is 5.91 Å². The molecule has 2 heterocycles. The lowest BCUT2D eigenvalue weighted by Crippen LogP contribution is -2.32. The fourth-order valence-corrected chi connectivity index (χ4v) is 2.86. The molecule has 2 aromatic rings. The van der Waals surface area contributed by atoms with Crippen LogP contribution in [-0.2, 0) is 9.84 Å². The zero-order valence-electron chi connectivity index (χ0n) is 13.1. The van der Waals surface area contributed by atoms with Crippen molar-refractivity contribution in [3.05, 3.63) is 30.1 Å². The molecule has 0 radical (unpaired) electrons. The molecule has 128 valence electrons. The number of aromatic nitrogens is 2. The van der Waals surface area contributed by atoms with Crippen LogP contribution in [0.5, 0.6) is 0 Å². The number of nitrogens with zero attached hydrogens (tertiary/aromatic N) is 2. The summed E-state index contributed by atoms with van der Waals surface area (Å²) in [5.74, 6) is -0.378. The van der Waals surface area contributed by atoms with Crippen molar-refractivity contribution >= 4 is 33.7 Å². The fourth-order valence-electron chi connectivity index (χ4n) is 2.09. The maximum absolute atomic E-state index is 12.2. The van der Waals surface area contributed by atoms with Crippen LogP contribution in [-0.4, -0.2) is 49.6 Å². The number of carbonyl (C=O) groups excluding carboxylic acids is 1. The Morgan fingerprint density at radius 2 is 2.00 bits per heavy atom. The molecule has 0 aliphatic heterocycles. The maximum atomic E-state index is 12.2. The molecule has 1 amide bonds. The lowest BCUT2D eigenvalue weighted by Gasteiger charge is -2.04. The Morgan fingerprint density at radius 3 is 2.65 bits per heavy atom. The first-order valence-corrected chi connectivity index (χ1v) is 9.00. The van der Waals surface area contributed by atoms with Crippen LogP contribution >= 0.6 is 12.4 Å². The van der Waals surface area contributed by atoms with Crippen molar-refractivity contribution in [1.29, 1.82) is 0 Å². The number of imidazole rings is 1. The Kier molecular flexibility index (Phi) is 6.99. The van der Waals surface area contributed by atoms with Crippen LogP contribution in [0.1, 0.15) is 23.8 Å². The smallest absolute Gasteiger partial charge is 0.272 e. The summed E-state index contributed by atoms with van der Waals surface area (Å²) in [5.41, 5.74) is 0.596. The van der Waals surface area contributed by atoms with Crippen LogP contribution in [0.2, 0.25) is 0 Å². The Balaban J connectivity index is 0.00000264. The molecule has 0 atom stereocenters. The van der Waals surface area contributed by atoms with Gasteiger partial charge in [0.05, 0.1) is 5.52 Å². The Hall–Kier alpha value is -1.64. The average Bonchev–Trinajstić information content (AvgIpc) is 2.86. The number of hydrogen-bond acceptors (Lipinski definition) is 5. The molecule has 2 aromatic heterocycles. The molecule has 2 N–H and O–H groups in total. The number of rotatable bonds is 7. The van der Waals surface area contributed by atoms with Gasteiger partial charge in [-0.25, -0.2) is 13.4 Å². The van der Waals surface area contributed by atoms with Crippen molar-refractivity contribution in [2.45, 2.75) is 18.5 Å². The van der Waals surface area contributed by atoms with E-state index in [9.17, 15) is 13.2 Å². The van der Waals surface area contributed by atoms with E-state index in [1.54, 1.807) is 24.4 Å². The molecule has 7 nitrogen and oxygen atoms in total. The number of nitrogens with one attached hydrogen (secondary N) is 2. The number of hydrogen-bond donors (Lipinski definition) is 2. The van der Waals surface area contributed by atoms with Gasteiger partial charge in [-0.15, -0.1) is 12.4 Å². The molecule has 23 heavy (non-hydrogen) atoms. The summed E-state index contributed by atoms with van der Waals surface area (Å²) < 4.78 is 25.0. The second kappa shape index (κ2) is 8.28. The molecule has 9 heteroatoms. The monoisotopic (exact) mass is 360 g/mol. The zero-order valence-corrected chi connectivity index (χ0v) is 14.7. The summed E-state index contributed by atoms with van der Waals surface area (Å²) >= 11 is 0. The molecule has 0 spiro atoms. The maximum Gasteiger partial charge on any atom is 0.272 e. The number of pyridine rings is 1. The molecule has 0 saturated heterocycles. The summed E-state index contributed by atoms with van der Waals surface area (Å²) in [7, 11) is -3.52. The second-order valence-electron chi connectivity index (χ2n) is 4.98. The highest BCUT2D eigenvalue weighted by Gasteiger charge is 2.22. The molecule has 0 fully saturated rings. The van der Waals surface area contributed by atoms with E-state index >= 15 is 0 Å². The first-order chi connectivity index (χ1) is 10.4. The molecule has 0 aromatic carbocycles. The summed E-state index contributed by atoms with van der Waals surface area (Å²) in [6.45, 7) is 4.07. The van der Waals surface area contributed by atoms with Crippen LogP contribution in [0, 0.1) is 0 Å². The normalized spacial score (nSPS) is 11.2. The minimum absolute atomic E-state index is 0. The standard InChI is InChI=1S/C14H20N4O3S.ClH/c1-3-7-15-8-9-16-13(19)12-11-6-4-5-10-18(11)14(17-12)22(2,20)21;/h4-6,10,15H,3,7-9H2,1-2H3,(H,16,19);1H. The number of sulfone groups is 1. The van der Waals surface area contributed by atoms with Gasteiger partial charge in [-0.3, -0.25) is 9.20 Å². The summed E-state index contributed by atoms with van der Waals surface area (Å²) in [6.07, 6.45) is 3.68. The molecule has 0 unspecified atom stereocenters. The van der Waals surface area contributed by atoms with Gasteiger partial charge in [0.2, 0.25) is 15.0 Å². The number of amides is 1. The second-order valence-corrected chi connectivity index (χ2v) is 6.89. The van der Waals surface area contributed by atoms with Gasteiger partial charge in [-0.2, -0.15) is 0 Å². The molecule has 2 rings (SSSR count). The largest absolute Gasteiger partial charge is 0.349 e. The van der Waals surface area contributed by atoms with E-state index in [1.165, 1.54) is 4.40 Å². The van der Waals surface area contributed by atoms with Crippen LogP contribution in [0.25, 0.3) is 5.52 Å². The third kappa shape index (κ3) is 4.66. The lowest BCUT2D eigenvalue weighted by atomic mass is 10.3. The molecule has 0 bridgehead atoms. The van der Waals surface area contributed by atoms with Gasteiger partial charge < -0.3 is 10.6 Å². The van der Waals surface area contributed by atoms with Gasteiger partial charge in [0.1, 0.15) is 0 Å². The van der Waals surface area contributed by atoms with Crippen LogP contribution in [0.3, 0.4) is 0 Å². The quantitative estimate of drug-likeness (QED) is 0.715. The topological polar surface area (TPSA) is 92.6 Å². The predicted molar refractivity (Wildman–Crippen MR) is 91.0 cm³/mol. The molecule has 0 aliphatic carbocycles. The van der Waals surface area contributed by atoms with Crippen molar-refractivity contribution in [2.75, 3.05) is 25.9 Å². The number of halogens is 1. The van der Waals surface area contributed by atoms with E-state index in [-0.39, 0.29) is 29.2 Å². The fraction of sp³-hybridized carbons (Fsp3) is 0.429. The zero-order chi connectivity index (χ0) is 16.2. The van der Waals surface area contributed by atoms with Gasteiger partial charge in [0, 0.05) is 25.5 Å². The number of fused-ring (bicyclic) bond motifs is 1. The van der Waals surface area contributed by atoms with Gasteiger partial charge in [-0.05, 0) is 25.1 Å². The minimum Gasteiger partial charge on any atom is -0.349 e. The Bertz CT molecular complexity index is 773. The van der Waals surface area contributed by atoms with Crippen molar-refractivity contribution in [3.63, 3.8) is 0 Å². The van der Waals surface area contributed by atoms with Crippen LogP contribution < -0.4 is 10.6 Å². The number of carbonyl (C=O) groups is 1. The summed E-state index contributed by atoms with van der Waals surface area (Å²) in [5, 5.41) is 5.79. The predicted octanol–water partition coefficient (Wildman–Crippen LogP) is 0.889. The van der Waals surface area contributed by atoms with E-state index in [4.69, 9.17) is 0 Å². The summed E-state index contributed by atoms with van der Waals surface area (Å²) in [6, 6.07) is 5.11. The van der Waals surface area contributed by atoms with E-state index in [0.717, 1.165) is 19.2 Å². The molecular weight excluding hydrogens is 340 g/mol. The van der Waals surface area contributed by atoms with Gasteiger partial charge in [-0.1, -0.05) is 13.0 Å². The highest BCUT2D eigenvalue weighted by molar-refractivity contribution is 7.90. The van der Waals surface area contributed by atoms with Gasteiger partial charge in [0.15, 0.2) is 5.69 Å². The van der Waals surface area contributed by atoms with Crippen molar-refractivity contribution < 1.29 is 13.2 Å². The third-order valence-electron chi connectivity index (χ3n) is 3.08. The average molecular weight is 361 g/mol. The molecule has 0 saturated carbocycles. The van der Waals surface area contributed by atoms with Crippen molar-refractivity contribution in [1.82, 2.24) is 20.0 Å². The highest BCUT2D eigenvalue weighted by atomic mass is 35.5. The molecule has 0 aliphatic rings. The first kappa shape index (κ1) is 19.4. The van der Waals surface area contributed by atoms with Crippen LogP contribution in [0.4, 0.5) is 0 Å². The Morgan fingerprint density at radius 1 is 1.26 bits per heavy atom. The van der Waals surface area contributed by atoms with E-state index in [0.29, 0.717) is 18.6 Å². The van der Waals surface area contributed by atoms with Crippen molar-refractivity contribution in [3.8, 4) is 0 Å². The van der Waals surface area contributed by atoms with Crippen LogP contribution in [0.15, 0.2) is 29.6 Å². The highest BCUT2D eigenvalue weighted by Crippen LogP contribution is 2.16. The van der Waals surface area contributed by atoms with Gasteiger partial charge >= 0.3 is 0 Å². The minimum atomic E-state index is -3.52. The molecular formula is C14H21ClN4O3S. The van der Waals surface area contributed by atoms with Crippen molar-refractivity contribution in [2.24, 2.45) is 0 Å². The van der Waals surface area contributed by atoms with E-state index < -0.39 is 9.84 Å². The first-order valence-electron chi connectivity index (χ1n) is 7.11.